The van der Waals surface area contributed by atoms with Gasteiger partial charge >= 0.3 is 0 Å². The fourth-order valence-corrected chi connectivity index (χ4v) is 2.17. The lowest BCUT2D eigenvalue weighted by Crippen LogP contribution is -2.22. The molecule has 0 bridgehead atoms. The molecular formula is C16H19NO. The molecule has 18 heavy (non-hydrogen) atoms. The number of aliphatic hydroxyl groups is 1. The summed E-state index contributed by atoms with van der Waals surface area (Å²) in [5.74, 6) is 0. The molecule has 2 nitrogen and oxygen atoms in total. The predicted octanol–water partition coefficient (Wildman–Crippen LogP) is 3.38. The number of nitrogens with zero attached hydrogens (tertiary/aromatic N) is 1. The molecule has 2 heteroatoms. The Kier molecular flexibility index (Phi) is 4.37. The van der Waals surface area contributed by atoms with Crippen LogP contribution >= 0.6 is 0 Å². The highest BCUT2D eigenvalue weighted by Gasteiger charge is 2.11. The van der Waals surface area contributed by atoms with Crippen LogP contribution in [0.5, 0.6) is 0 Å². The van der Waals surface area contributed by atoms with Crippen LogP contribution in [0, 0.1) is 0 Å². The first kappa shape index (κ1) is 12.7. The first-order valence-corrected chi connectivity index (χ1v) is 6.38. The van der Waals surface area contributed by atoms with Crippen LogP contribution in [0.1, 0.15) is 12.5 Å². The second-order valence-electron chi connectivity index (χ2n) is 4.19. The Morgan fingerprint density at radius 1 is 0.944 bits per heavy atom. The van der Waals surface area contributed by atoms with E-state index in [1.807, 2.05) is 24.3 Å². The molecule has 94 valence electrons. The van der Waals surface area contributed by atoms with Crippen molar-refractivity contribution < 1.29 is 5.11 Å². The third-order valence-corrected chi connectivity index (χ3v) is 3.05. The van der Waals surface area contributed by atoms with Gasteiger partial charge in [-0.1, -0.05) is 43.3 Å². The van der Waals surface area contributed by atoms with Gasteiger partial charge in [0, 0.05) is 17.9 Å². The van der Waals surface area contributed by atoms with Crippen LogP contribution in [-0.2, 0) is 6.42 Å². The summed E-state index contributed by atoms with van der Waals surface area (Å²) in [6.07, 6.45) is 0.991. The number of para-hydroxylation sites is 2. The Bertz CT molecular complexity index is 481. The van der Waals surface area contributed by atoms with Crippen LogP contribution in [-0.4, -0.2) is 18.3 Å². The topological polar surface area (TPSA) is 23.5 Å². The number of hydrogen-bond donors (Lipinski definition) is 1. The fraction of sp³-hybridized carbons (Fsp3) is 0.250. The molecule has 1 N–H and O–H groups in total. The van der Waals surface area contributed by atoms with Crippen molar-refractivity contribution in [3.8, 4) is 0 Å². The van der Waals surface area contributed by atoms with E-state index in [9.17, 15) is 5.11 Å². The van der Waals surface area contributed by atoms with Gasteiger partial charge in [0.05, 0.1) is 6.61 Å². The summed E-state index contributed by atoms with van der Waals surface area (Å²) in [5, 5.41) is 9.28. The molecule has 0 aliphatic heterocycles. The summed E-state index contributed by atoms with van der Waals surface area (Å²) in [4.78, 5) is 2.17. The monoisotopic (exact) mass is 241 g/mol. The standard InChI is InChI=1S/C16H19NO/c1-2-14-8-6-7-11-16(14)17(12-13-18)15-9-4-3-5-10-15/h3-11,18H,2,12-13H2,1H3. The zero-order chi connectivity index (χ0) is 12.8. The number of benzene rings is 2. The van der Waals surface area contributed by atoms with Crippen molar-refractivity contribution in [1.82, 2.24) is 0 Å². The first-order chi connectivity index (χ1) is 8.86. The van der Waals surface area contributed by atoms with E-state index in [0.29, 0.717) is 6.54 Å². The molecule has 2 aromatic carbocycles. The lowest BCUT2D eigenvalue weighted by molar-refractivity contribution is 0.305. The molecule has 2 rings (SSSR count). The van der Waals surface area contributed by atoms with Crippen LogP contribution in [0.4, 0.5) is 11.4 Å². The number of aryl methyl sites for hydroxylation is 1. The normalized spacial score (nSPS) is 10.3. The smallest absolute Gasteiger partial charge is 0.0610 e. The van der Waals surface area contributed by atoms with E-state index in [1.54, 1.807) is 0 Å². The molecule has 2 aromatic rings. The molecule has 0 aliphatic carbocycles. The molecule has 0 saturated carbocycles. The average molecular weight is 241 g/mol. The lowest BCUT2D eigenvalue weighted by Gasteiger charge is -2.26. The summed E-state index contributed by atoms with van der Waals surface area (Å²) >= 11 is 0. The van der Waals surface area contributed by atoms with Crippen molar-refractivity contribution in [1.29, 1.82) is 0 Å². The highest BCUT2D eigenvalue weighted by Crippen LogP contribution is 2.28. The van der Waals surface area contributed by atoms with Gasteiger partial charge in [-0.2, -0.15) is 0 Å². The fourth-order valence-electron chi connectivity index (χ4n) is 2.17. The summed E-state index contributed by atoms with van der Waals surface area (Å²) in [5.41, 5.74) is 3.60. The highest BCUT2D eigenvalue weighted by molar-refractivity contribution is 5.66. The minimum Gasteiger partial charge on any atom is -0.395 e. The quantitative estimate of drug-likeness (QED) is 0.867. The van der Waals surface area contributed by atoms with E-state index in [1.165, 1.54) is 11.3 Å². The second-order valence-corrected chi connectivity index (χ2v) is 4.19. The predicted molar refractivity (Wildman–Crippen MR) is 76.4 cm³/mol. The molecule has 0 heterocycles. The van der Waals surface area contributed by atoms with Crippen LogP contribution in [0.2, 0.25) is 0 Å². The third kappa shape index (κ3) is 2.71. The Morgan fingerprint density at radius 2 is 1.61 bits per heavy atom. The van der Waals surface area contributed by atoms with E-state index < -0.39 is 0 Å². The number of anilines is 2. The zero-order valence-electron chi connectivity index (χ0n) is 10.7. The largest absolute Gasteiger partial charge is 0.395 e. The Hall–Kier alpha value is -1.80. The van der Waals surface area contributed by atoms with Crippen LogP contribution in [0.15, 0.2) is 54.6 Å². The van der Waals surface area contributed by atoms with Crippen molar-refractivity contribution in [2.45, 2.75) is 13.3 Å². The van der Waals surface area contributed by atoms with Crippen LogP contribution < -0.4 is 4.90 Å². The molecule has 0 aromatic heterocycles. The van der Waals surface area contributed by atoms with Gasteiger partial charge in [0.1, 0.15) is 0 Å². The van der Waals surface area contributed by atoms with Crippen molar-refractivity contribution >= 4 is 11.4 Å². The Morgan fingerprint density at radius 3 is 2.28 bits per heavy atom. The van der Waals surface area contributed by atoms with Crippen molar-refractivity contribution in [3.05, 3.63) is 60.2 Å². The van der Waals surface area contributed by atoms with Gasteiger partial charge in [-0.15, -0.1) is 0 Å². The third-order valence-electron chi connectivity index (χ3n) is 3.05. The molecular weight excluding hydrogens is 222 g/mol. The van der Waals surface area contributed by atoms with Crippen molar-refractivity contribution in [3.63, 3.8) is 0 Å². The minimum absolute atomic E-state index is 0.146. The average Bonchev–Trinajstić information content (AvgIpc) is 2.46. The van der Waals surface area contributed by atoms with Crippen molar-refractivity contribution in [2.75, 3.05) is 18.1 Å². The first-order valence-electron chi connectivity index (χ1n) is 6.38. The molecule has 0 atom stereocenters. The van der Waals surface area contributed by atoms with Crippen LogP contribution in [0.3, 0.4) is 0 Å². The number of hydrogen-bond acceptors (Lipinski definition) is 2. The van der Waals surface area contributed by atoms with Gasteiger partial charge in [-0.25, -0.2) is 0 Å². The van der Waals surface area contributed by atoms with Gasteiger partial charge in [0.2, 0.25) is 0 Å². The minimum atomic E-state index is 0.146. The maximum atomic E-state index is 9.28. The van der Waals surface area contributed by atoms with Gasteiger partial charge in [-0.05, 0) is 30.2 Å². The SMILES string of the molecule is CCc1ccccc1N(CCO)c1ccccc1. The number of rotatable bonds is 5. The molecule has 0 aliphatic rings. The molecule has 0 fully saturated rings. The van der Waals surface area contributed by atoms with E-state index in [2.05, 4.69) is 42.2 Å². The highest BCUT2D eigenvalue weighted by atomic mass is 16.3. The molecule has 0 saturated heterocycles. The van der Waals surface area contributed by atoms with Gasteiger partial charge < -0.3 is 10.0 Å². The molecule has 0 spiro atoms. The summed E-state index contributed by atoms with van der Waals surface area (Å²) in [6.45, 7) is 2.91. The second kappa shape index (κ2) is 6.22. The van der Waals surface area contributed by atoms with E-state index in [0.717, 1.165) is 12.1 Å². The van der Waals surface area contributed by atoms with E-state index in [-0.39, 0.29) is 6.61 Å². The summed E-state index contributed by atoms with van der Waals surface area (Å²) in [6, 6.07) is 18.6. The number of aliphatic hydroxyl groups excluding tert-OH is 1. The summed E-state index contributed by atoms with van der Waals surface area (Å²) in [7, 11) is 0. The van der Waals surface area contributed by atoms with Crippen LogP contribution in [0.25, 0.3) is 0 Å². The summed E-state index contributed by atoms with van der Waals surface area (Å²) < 4.78 is 0. The zero-order valence-corrected chi connectivity index (χ0v) is 10.7. The van der Waals surface area contributed by atoms with Gasteiger partial charge in [0.25, 0.3) is 0 Å². The van der Waals surface area contributed by atoms with Crippen molar-refractivity contribution in [2.24, 2.45) is 0 Å². The van der Waals surface area contributed by atoms with E-state index >= 15 is 0 Å². The van der Waals surface area contributed by atoms with Gasteiger partial charge in [0.15, 0.2) is 0 Å². The lowest BCUT2D eigenvalue weighted by atomic mass is 10.1. The molecule has 0 radical (unpaired) electrons. The Labute approximate surface area is 109 Å². The Balaban J connectivity index is 2.41. The molecule has 0 amide bonds. The van der Waals surface area contributed by atoms with Gasteiger partial charge in [-0.3, -0.25) is 0 Å². The maximum Gasteiger partial charge on any atom is 0.0610 e. The van der Waals surface area contributed by atoms with E-state index in [4.69, 9.17) is 0 Å². The molecule has 0 unspecified atom stereocenters. The maximum absolute atomic E-state index is 9.28.